The molecule has 0 N–H and O–H groups in total. The normalized spacial score (nSPS) is 67.5. The van der Waals surface area contributed by atoms with Crippen molar-refractivity contribution in [2.45, 2.75) is 31.3 Å². The molecule has 1 aromatic rings. The molecule has 0 unspecified atom stereocenters. The van der Waals surface area contributed by atoms with Crippen LogP contribution in [0.2, 0.25) is 0 Å². The van der Waals surface area contributed by atoms with Gasteiger partial charge in [-0.3, -0.25) is 0 Å². The van der Waals surface area contributed by atoms with Gasteiger partial charge in [0, 0.05) is 17.9 Å². The first kappa shape index (κ1) is 9.70. The Hall–Kier alpha value is -1.26. The molecule has 8 atom stereocenters. The molecule has 2 aliphatic heterocycles. The van der Waals surface area contributed by atoms with Crippen molar-refractivity contribution in [2.24, 2.45) is 53.4 Å². The van der Waals surface area contributed by atoms with Gasteiger partial charge in [-0.2, -0.15) is 0 Å². The zero-order chi connectivity index (χ0) is 13.6. The van der Waals surface area contributed by atoms with Crippen molar-refractivity contribution in [3.63, 3.8) is 0 Å². The standard InChI is InChI=1S/C16H17N3O2/c1-17-13(20)18-11-8-7-9(8)12(19(18)14(17)21)16-4-6-2-5(6)3-15(11,16)10(7)16/h5-12H,2-4H2,1H3/t5-,6-,7?,8-,9-,10?,11-,12-,15+,16+/m0/s1. The summed E-state index contributed by atoms with van der Waals surface area (Å²) in [7, 11) is 1.66. The van der Waals surface area contributed by atoms with Gasteiger partial charge in [-0.25, -0.2) is 23.5 Å². The third kappa shape index (κ3) is 0.573. The quantitative estimate of drug-likeness (QED) is 0.690. The Bertz CT molecular complexity index is 853. The van der Waals surface area contributed by atoms with Crippen molar-refractivity contribution in [2.75, 3.05) is 0 Å². The summed E-state index contributed by atoms with van der Waals surface area (Å²) in [6.07, 6.45) is 4.18. The minimum atomic E-state index is -0.0486. The maximum Gasteiger partial charge on any atom is 0.347 e. The minimum absolute atomic E-state index is 0.0486. The van der Waals surface area contributed by atoms with E-state index in [4.69, 9.17) is 0 Å². The Morgan fingerprint density at radius 1 is 0.905 bits per heavy atom. The van der Waals surface area contributed by atoms with E-state index < -0.39 is 0 Å². The smallest absolute Gasteiger partial charge is 0.246 e. The van der Waals surface area contributed by atoms with Crippen LogP contribution in [-0.4, -0.2) is 13.9 Å². The lowest BCUT2D eigenvalue weighted by Crippen LogP contribution is -2.53. The lowest BCUT2D eigenvalue weighted by atomic mass is 9.65. The molecule has 6 saturated carbocycles. The van der Waals surface area contributed by atoms with Gasteiger partial charge in [0.1, 0.15) is 0 Å². The number of rotatable bonds is 0. The summed E-state index contributed by atoms with van der Waals surface area (Å²) in [6, 6.07) is 0.760. The molecule has 2 bridgehead atoms. The molecule has 108 valence electrons. The van der Waals surface area contributed by atoms with Gasteiger partial charge in [-0.05, 0) is 54.8 Å². The van der Waals surface area contributed by atoms with Gasteiger partial charge in [0.2, 0.25) is 0 Å². The molecule has 9 rings (SSSR count). The average molecular weight is 283 g/mol. The first-order valence-electron chi connectivity index (χ1n) is 8.54. The molecule has 6 aliphatic carbocycles. The Kier molecular flexibility index (Phi) is 0.979. The molecular weight excluding hydrogens is 266 g/mol. The van der Waals surface area contributed by atoms with Crippen LogP contribution in [0.5, 0.6) is 0 Å². The third-order valence-corrected chi connectivity index (χ3v) is 9.25. The Morgan fingerprint density at radius 3 is 1.95 bits per heavy atom. The molecule has 0 saturated heterocycles. The second-order valence-corrected chi connectivity index (χ2v) is 9.16. The van der Waals surface area contributed by atoms with Gasteiger partial charge in [-0.1, -0.05) is 0 Å². The average Bonchev–Trinajstić information content (AvgIpc) is 3.37. The van der Waals surface area contributed by atoms with E-state index in [0.29, 0.717) is 22.9 Å². The zero-order valence-electron chi connectivity index (χ0n) is 11.9. The van der Waals surface area contributed by atoms with Crippen molar-refractivity contribution < 1.29 is 0 Å². The predicted molar refractivity (Wildman–Crippen MR) is 71.7 cm³/mol. The lowest BCUT2D eigenvalue weighted by molar-refractivity contribution is -0.0268. The molecule has 5 nitrogen and oxygen atoms in total. The fourth-order valence-corrected chi connectivity index (χ4v) is 9.04. The largest absolute Gasteiger partial charge is 0.347 e. The van der Waals surface area contributed by atoms with Gasteiger partial charge in [0.25, 0.3) is 0 Å². The zero-order valence-corrected chi connectivity index (χ0v) is 11.9. The van der Waals surface area contributed by atoms with Gasteiger partial charge in [0.05, 0.1) is 12.1 Å². The van der Waals surface area contributed by atoms with Crippen molar-refractivity contribution in [1.29, 1.82) is 0 Å². The van der Waals surface area contributed by atoms with Crippen LogP contribution < -0.4 is 11.4 Å². The number of hydrogen-bond acceptors (Lipinski definition) is 2. The first-order chi connectivity index (χ1) is 10.1. The number of hydrogen-bond donors (Lipinski definition) is 0. The maximum absolute atomic E-state index is 12.6. The Labute approximate surface area is 120 Å². The third-order valence-electron chi connectivity index (χ3n) is 9.25. The summed E-state index contributed by atoms with van der Waals surface area (Å²) >= 11 is 0. The minimum Gasteiger partial charge on any atom is -0.246 e. The molecule has 1 aromatic heterocycles. The van der Waals surface area contributed by atoms with Gasteiger partial charge >= 0.3 is 11.4 Å². The molecule has 8 aliphatic rings. The molecule has 2 spiro atoms. The van der Waals surface area contributed by atoms with Crippen LogP contribution in [0.1, 0.15) is 31.3 Å². The second-order valence-electron chi connectivity index (χ2n) is 9.16. The van der Waals surface area contributed by atoms with Crippen LogP contribution in [0.25, 0.3) is 0 Å². The highest BCUT2D eigenvalue weighted by Crippen LogP contribution is 3.06. The second kappa shape index (κ2) is 2.12. The van der Waals surface area contributed by atoms with Crippen LogP contribution in [0.3, 0.4) is 0 Å². The fourth-order valence-electron chi connectivity index (χ4n) is 9.04. The van der Waals surface area contributed by atoms with Crippen LogP contribution >= 0.6 is 0 Å². The van der Waals surface area contributed by atoms with Crippen LogP contribution in [0.15, 0.2) is 9.59 Å². The number of aromatic nitrogens is 3. The monoisotopic (exact) mass is 283 g/mol. The van der Waals surface area contributed by atoms with Crippen molar-refractivity contribution in [3.8, 4) is 0 Å². The van der Waals surface area contributed by atoms with E-state index in [9.17, 15) is 9.59 Å². The van der Waals surface area contributed by atoms with Crippen molar-refractivity contribution in [1.82, 2.24) is 13.9 Å². The summed E-state index contributed by atoms with van der Waals surface area (Å²) in [5.41, 5.74) is 0.786. The Balaban J connectivity index is 1.55. The first-order valence-corrected chi connectivity index (χ1v) is 8.54. The fraction of sp³-hybridized carbons (Fsp3) is 0.875. The Morgan fingerprint density at radius 2 is 1.43 bits per heavy atom. The van der Waals surface area contributed by atoms with E-state index >= 15 is 0 Å². The van der Waals surface area contributed by atoms with Crippen molar-refractivity contribution >= 4 is 0 Å². The molecule has 21 heavy (non-hydrogen) atoms. The summed E-state index contributed by atoms with van der Waals surface area (Å²) in [6.45, 7) is 0. The van der Waals surface area contributed by atoms with Crippen molar-refractivity contribution in [3.05, 3.63) is 21.0 Å². The van der Waals surface area contributed by atoms with Crippen LogP contribution in [-0.2, 0) is 7.05 Å². The molecule has 5 heteroatoms. The highest BCUT2D eigenvalue weighted by atomic mass is 16.2. The van der Waals surface area contributed by atoms with Gasteiger partial charge in [-0.15, -0.1) is 0 Å². The van der Waals surface area contributed by atoms with E-state index in [2.05, 4.69) is 0 Å². The predicted octanol–water partition coefficient (Wildman–Crippen LogP) is 0.366. The molecule has 0 aromatic carbocycles. The van der Waals surface area contributed by atoms with E-state index in [1.165, 1.54) is 23.8 Å². The summed E-state index contributed by atoms with van der Waals surface area (Å²) in [5, 5.41) is 0. The van der Waals surface area contributed by atoms with E-state index in [1.54, 1.807) is 7.05 Å². The van der Waals surface area contributed by atoms with Gasteiger partial charge in [0.15, 0.2) is 0 Å². The van der Waals surface area contributed by atoms with E-state index in [0.717, 1.165) is 35.5 Å². The molecule has 6 fully saturated rings. The SMILES string of the molecule is Cn1c(=O)n2n(c1=O)[C@H]1[C@H]3C4C5[C@]6(C[C@@H]7C[C@H]7C[C@@]516)[C@@H]2[C@@H]43. The number of nitrogens with zero attached hydrogens (tertiary/aromatic N) is 3. The molecule has 0 amide bonds. The van der Waals surface area contributed by atoms with E-state index in [1.807, 2.05) is 9.36 Å². The summed E-state index contributed by atoms with van der Waals surface area (Å²) < 4.78 is 5.22. The number of fused-ring (bicyclic) bond motifs is 1. The molecular formula is C16H17N3O2. The van der Waals surface area contributed by atoms with E-state index in [-0.39, 0.29) is 11.4 Å². The lowest BCUT2D eigenvalue weighted by Gasteiger charge is -2.50. The molecule has 0 radical (unpaired) electrons. The highest BCUT2D eigenvalue weighted by Gasteiger charge is 3.04. The van der Waals surface area contributed by atoms with Gasteiger partial charge < -0.3 is 0 Å². The van der Waals surface area contributed by atoms with Crippen LogP contribution in [0.4, 0.5) is 0 Å². The van der Waals surface area contributed by atoms with Crippen LogP contribution in [0, 0.1) is 46.3 Å². The maximum atomic E-state index is 12.6. The highest BCUT2D eigenvalue weighted by molar-refractivity contribution is 5.50. The topological polar surface area (TPSA) is 48.9 Å². The summed E-state index contributed by atoms with van der Waals surface area (Å²) in [4.78, 5) is 25.3. The summed E-state index contributed by atoms with van der Waals surface area (Å²) in [5.74, 6) is 5.15. The molecule has 3 heterocycles.